The van der Waals surface area contributed by atoms with Gasteiger partial charge in [-0.25, -0.2) is 39.9 Å². The van der Waals surface area contributed by atoms with Crippen LogP contribution in [0.15, 0.2) is 385 Å². The Bertz CT molecular complexity index is 7590. The largest absolute Gasteiger partial charge is 0.452 e. The second kappa shape index (κ2) is 27.9. The van der Waals surface area contributed by atoms with Crippen LogP contribution >= 0.6 is 0 Å². The molecule has 2 atom stereocenters. The highest BCUT2D eigenvalue weighted by molar-refractivity contribution is 6.22. The quantitative estimate of drug-likeness (QED) is 0.101. The van der Waals surface area contributed by atoms with Crippen LogP contribution in [0.2, 0.25) is 0 Å². The summed E-state index contributed by atoms with van der Waals surface area (Å²) in [5.74, 6) is 4.50. The van der Waals surface area contributed by atoms with E-state index in [4.69, 9.17) is 58.7 Å². The highest BCUT2D eigenvalue weighted by atomic mass is 16.3. The highest BCUT2D eigenvalue weighted by Crippen LogP contribution is 2.51. The second-order valence-electron chi connectivity index (χ2n) is 29.8. The fraction of sp³-hybridized carbons (Fsp3) is 0.0192. The first kappa shape index (κ1) is 67.6. The monoisotopic (exact) mass is 1510 g/mol. The minimum absolute atomic E-state index is 0.0304. The van der Waals surface area contributed by atoms with Gasteiger partial charge in [0.05, 0.1) is 17.1 Å². The number of para-hydroxylation sites is 1. The molecule has 2 unspecified atom stereocenters. The third-order valence-corrected chi connectivity index (χ3v) is 22.7. The maximum atomic E-state index is 7.15. The van der Waals surface area contributed by atoms with Crippen LogP contribution in [0.25, 0.3) is 207 Å². The van der Waals surface area contributed by atoms with Gasteiger partial charge in [0, 0.05) is 88.9 Å². The summed E-state index contributed by atoms with van der Waals surface area (Å²) in [4.78, 5) is 55.1. The number of anilines is 2. The highest BCUT2D eigenvalue weighted by Gasteiger charge is 2.41. The molecule has 0 spiro atoms. The number of furan rings is 2. The predicted octanol–water partition coefficient (Wildman–Crippen LogP) is 25.3. The van der Waals surface area contributed by atoms with Gasteiger partial charge >= 0.3 is 0 Å². The van der Waals surface area contributed by atoms with Crippen molar-refractivity contribution in [3.8, 4) is 141 Å². The summed E-state index contributed by atoms with van der Waals surface area (Å²) >= 11 is 0. The number of benzene rings is 14. The van der Waals surface area contributed by atoms with Gasteiger partial charge in [0.1, 0.15) is 28.0 Å². The lowest BCUT2D eigenvalue weighted by molar-refractivity contribution is 0.665. The molecule has 14 aromatic carbocycles. The Labute approximate surface area is 676 Å². The molecule has 2 aliphatic rings. The lowest BCUT2D eigenvalue weighted by Crippen LogP contribution is -2.30. The van der Waals surface area contributed by atoms with Crippen LogP contribution < -0.4 is 4.90 Å². The Hall–Kier alpha value is -16.1. The Morgan fingerprint density at radius 2 is 0.653 bits per heavy atom. The standard InChI is InChI=1S/C104H64N12O2/c1-7-25-63(26-8-1)64-45-51-68(52-46-64)90-95-92(108-98(106-90)70-31-13-4-14-32-70)84-61-87-83(62-88(84)117-95)80-42-20-22-44-86(80)116(87)104-113-101(72-35-17-6-18-36-72)112-102(114-104)74-55-49-66(50-56-74)76-38-23-37-75(59-76)65-47-53-73(54-48-65)100-109-99(71-33-15-5-16-34-71)110-103(111-100)77-39-24-40-78(60-77)115-85-43-21-19-41-79(85)81-57-58-82-91-96(118-94(82)93(81)115)89(67-27-9-2-10-28-67)105-97(107-91)69-29-11-3-12-30-69/h1-62,80,86H. The van der Waals surface area contributed by atoms with E-state index in [9.17, 15) is 0 Å². The van der Waals surface area contributed by atoms with Crippen LogP contribution in [0.4, 0.5) is 11.6 Å². The zero-order chi connectivity index (χ0) is 77.7. The fourth-order valence-corrected chi connectivity index (χ4v) is 16.9. The maximum absolute atomic E-state index is 7.15. The first-order chi connectivity index (χ1) is 58.4. The first-order valence-electron chi connectivity index (χ1n) is 39.4. The number of nitrogens with zero attached hydrogens (tertiary/aromatic N) is 12. The van der Waals surface area contributed by atoms with E-state index in [1.807, 2.05) is 146 Å². The molecule has 0 bridgehead atoms. The van der Waals surface area contributed by atoms with E-state index in [-0.39, 0.29) is 12.0 Å². The van der Waals surface area contributed by atoms with Gasteiger partial charge in [0.2, 0.25) is 5.95 Å². The molecule has 23 rings (SSSR count). The van der Waals surface area contributed by atoms with Crippen LogP contribution in [-0.2, 0) is 0 Å². The van der Waals surface area contributed by atoms with Crippen LogP contribution in [0.1, 0.15) is 11.5 Å². The molecule has 118 heavy (non-hydrogen) atoms. The lowest BCUT2D eigenvalue weighted by Gasteiger charge is -2.27. The summed E-state index contributed by atoms with van der Waals surface area (Å²) < 4.78 is 16.4. The molecule has 0 radical (unpaired) electrons. The van der Waals surface area contributed by atoms with E-state index in [0.29, 0.717) is 63.5 Å². The van der Waals surface area contributed by atoms with Crippen molar-refractivity contribution in [2.24, 2.45) is 0 Å². The minimum Gasteiger partial charge on any atom is -0.452 e. The molecule has 1 aliphatic carbocycles. The van der Waals surface area contributed by atoms with Crippen LogP contribution in [-0.4, -0.2) is 60.4 Å². The lowest BCUT2D eigenvalue weighted by atomic mass is 9.91. The number of allylic oxidation sites excluding steroid dienone is 2. The maximum Gasteiger partial charge on any atom is 0.234 e. The van der Waals surface area contributed by atoms with Crippen molar-refractivity contribution < 1.29 is 8.83 Å². The smallest absolute Gasteiger partial charge is 0.234 e. The second-order valence-corrected chi connectivity index (χ2v) is 29.8. The summed E-state index contributed by atoms with van der Waals surface area (Å²) in [6.45, 7) is 0. The number of hydrogen-bond donors (Lipinski definition) is 0. The number of aromatic nitrogens is 11. The predicted molar refractivity (Wildman–Crippen MR) is 472 cm³/mol. The molecule has 1 aliphatic heterocycles. The molecule has 0 amide bonds. The minimum atomic E-state index is -0.142. The summed E-state index contributed by atoms with van der Waals surface area (Å²) in [6, 6.07) is 121. The molecular weight excluding hydrogens is 1450 g/mol. The molecule has 0 fully saturated rings. The van der Waals surface area contributed by atoms with Crippen LogP contribution in [0.5, 0.6) is 0 Å². The molecule has 14 nitrogen and oxygen atoms in total. The molecule has 7 aromatic heterocycles. The van der Waals surface area contributed by atoms with Gasteiger partial charge < -0.3 is 18.3 Å². The van der Waals surface area contributed by atoms with Crippen molar-refractivity contribution in [1.29, 1.82) is 0 Å². The van der Waals surface area contributed by atoms with Gasteiger partial charge in [0.25, 0.3) is 0 Å². The molecule has 21 aromatic rings. The molecule has 552 valence electrons. The van der Waals surface area contributed by atoms with Gasteiger partial charge in [0.15, 0.2) is 57.5 Å². The van der Waals surface area contributed by atoms with Crippen molar-refractivity contribution in [3.63, 3.8) is 0 Å². The molecule has 0 N–H and O–H groups in total. The molecule has 0 saturated carbocycles. The van der Waals surface area contributed by atoms with Gasteiger partial charge in [-0.2, -0.15) is 9.97 Å². The van der Waals surface area contributed by atoms with E-state index in [1.165, 1.54) is 0 Å². The van der Waals surface area contributed by atoms with Crippen LogP contribution in [0.3, 0.4) is 0 Å². The average molecular weight is 1510 g/mol. The van der Waals surface area contributed by atoms with Gasteiger partial charge in [-0.15, -0.1) is 0 Å². The van der Waals surface area contributed by atoms with Crippen molar-refractivity contribution in [3.05, 3.63) is 382 Å². The van der Waals surface area contributed by atoms with E-state index < -0.39 is 0 Å². The number of hydrogen-bond acceptors (Lipinski definition) is 13. The first-order valence-corrected chi connectivity index (χ1v) is 39.4. The van der Waals surface area contributed by atoms with E-state index in [0.717, 1.165) is 161 Å². The third kappa shape index (κ3) is 11.7. The molecular formula is C104H64N12O2. The van der Waals surface area contributed by atoms with Crippen molar-refractivity contribution in [2.45, 2.75) is 12.0 Å². The van der Waals surface area contributed by atoms with Crippen LogP contribution in [0, 0.1) is 0 Å². The summed E-state index contributed by atoms with van der Waals surface area (Å²) in [5, 5.41) is 3.89. The van der Waals surface area contributed by atoms with Gasteiger partial charge in [-0.3, -0.25) is 0 Å². The Balaban J connectivity index is 0.571. The number of fused-ring (bicyclic) bond motifs is 13. The zero-order valence-electron chi connectivity index (χ0n) is 63.1. The fourth-order valence-electron chi connectivity index (χ4n) is 16.9. The topological polar surface area (TPSA) is 163 Å². The summed E-state index contributed by atoms with van der Waals surface area (Å²) in [6.07, 6.45) is 8.73. The van der Waals surface area contributed by atoms with E-state index >= 15 is 0 Å². The van der Waals surface area contributed by atoms with Crippen molar-refractivity contribution in [1.82, 2.24) is 54.4 Å². The van der Waals surface area contributed by atoms with E-state index in [1.54, 1.807) is 0 Å². The Morgan fingerprint density at radius 1 is 0.254 bits per heavy atom. The Kier molecular flexibility index (Phi) is 16.0. The third-order valence-electron chi connectivity index (χ3n) is 22.7. The zero-order valence-corrected chi connectivity index (χ0v) is 63.1. The normalized spacial score (nSPS) is 13.7. The molecule has 0 saturated heterocycles. The number of rotatable bonds is 14. The molecule has 8 heterocycles. The summed E-state index contributed by atoms with van der Waals surface area (Å²) in [5.41, 5.74) is 24.9. The summed E-state index contributed by atoms with van der Waals surface area (Å²) in [7, 11) is 0. The SMILES string of the molecule is C1=CC2c3cc4oc5c(-c6ccc(-c7ccccc7)cc6)nc(-c6ccccc6)nc5c4cc3N(c3nc(-c4ccccc4)nc(-c4ccc(-c5cccc(-c6ccc(-c7nc(-c8ccccc8)nc(-c8cccc(-n9c%10ccccc%10c%10ccc%11c%12nc(-c%13ccccc%13)nc(-c%13ccccc%13)c%12oc%11c%109)c8)n7)cc6)c5)cc4)n3)C2C=C1. The van der Waals surface area contributed by atoms with Gasteiger partial charge in [-0.05, 0) is 81.4 Å². The average Bonchev–Trinajstić information content (AvgIpc) is 1.55. The molecule has 14 heteroatoms. The van der Waals surface area contributed by atoms with E-state index in [2.05, 4.69) is 240 Å². The van der Waals surface area contributed by atoms with Crippen molar-refractivity contribution >= 4 is 77.6 Å². The Morgan fingerprint density at radius 3 is 1.22 bits per heavy atom. The van der Waals surface area contributed by atoms with Gasteiger partial charge in [-0.1, -0.05) is 334 Å². The van der Waals surface area contributed by atoms with Crippen molar-refractivity contribution in [2.75, 3.05) is 4.90 Å².